The third kappa shape index (κ3) is 3.42. The number of hydrogen-bond donors (Lipinski definition) is 1. The van der Waals surface area contributed by atoms with Crippen LogP contribution < -0.4 is 5.32 Å². The highest BCUT2D eigenvalue weighted by Gasteiger charge is 2.08. The summed E-state index contributed by atoms with van der Waals surface area (Å²) in [6.45, 7) is 7.37. The fraction of sp³-hybridized carbons (Fsp3) is 0.353. The summed E-state index contributed by atoms with van der Waals surface area (Å²) >= 11 is 0. The molecule has 0 fully saturated rings. The van der Waals surface area contributed by atoms with Crippen molar-refractivity contribution in [2.24, 2.45) is 0 Å². The van der Waals surface area contributed by atoms with Gasteiger partial charge in [0, 0.05) is 23.5 Å². The Morgan fingerprint density at radius 2 is 1.95 bits per heavy atom. The molecule has 0 aliphatic heterocycles. The van der Waals surface area contributed by atoms with Gasteiger partial charge < -0.3 is 5.32 Å². The Morgan fingerprint density at radius 1 is 1.11 bits per heavy atom. The molecule has 2 rings (SSSR count). The SMILES string of the molecule is CCNC(CC)c1cccc(-c2ccc(C)nc2)c1. The molecule has 2 heteroatoms. The molecule has 19 heavy (non-hydrogen) atoms. The second-order valence-electron chi connectivity index (χ2n) is 4.83. The summed E-state index contributed by atoms with van der Waals surface area (Å²) in [5.41, 5.74) is 4.82. The third-order valence-electron chi connectivity index (χ3n) is 3.39. The zero-order valence-electron chi connectivity index (χ0n) is 12.0. The predicted octanol–water partition coefficient (Wildman–Crippen LogP) is 4.12. The molecule has 0 saturated heterocycles. The predicted molar refractivity (Wildman–Crippen MR) is 81.1 cm³/mol. The van der Waals surface area contributed by atoms with Crippen molar-refractivity contribution in [1.29, 1.82) is 0 Å². The Balaban J connectivity index is 2.30. The first kappa shape index (κ1) is 13.8. The number of nitrogens with zero attached hydrogens (tertiary/aromatic N) is 1. The first-order chi connectivity index (χ1) is 9.24. The largest absolute Gasteiger partial charge is 0.310 e. The fourth-order valence-electron chi connectivity index (χ4n) is 2.32. The lowest BCUT2D eigenvalue weighted by Gasteiger charge is -2.17. The van der Waals surface area contributed by atoms with Crippen molar-refractivity contribution in [3.63, 3.8) is 0 Å². The van der Waals surface area contributed by atoms with E-state index in [2.05, 4.69) is 60.5 Å². The third-order valence-corrected chi connectivity index (χ3v) is 3.39. The van der Waals surface area contributed by atoms with Crippen LogP contribution in [0.2, 0.25) is 0 Å². The molecule has 1 heterocycles. The van der Waals surface area contributed by atoms with Gasteiger partial charge in [-0.05, 0) is 43.1 Å². The average molecular weight is 254 g/mol. The molecule has 2 aromatic rings. The molecular formula is C17H22N2. The number of benzene rings is 1. The molecule has 1 aromatic carbocycles. The maximum Gasteiger partial charge on any atom is 0.0373 e. The molecule has 1 atom stereocenters. The molecule has 100 valence electrons. The summed E-state index contributed by atoms with van der Waals surface area (Å²) in [5, 5.41) is 3.52. The Morgan fingerprint density at radius 3 is 2.58 bits per heavy atom. The van der Waals surface area contributed by atoms with Crippen molar-refractivity contribution < 1.29 is 0 Å². The zero-order valence-corrected chi connectivity index (χ0v) is 12.0. The van der Waals surface area contributed by atoms with E-state index in [4.69, 9.17) is 0 Å². The van der Waals surface area contributed by atoms with E-state index in [-0.39, 0.29) is 0 Å². The summed E-state index contributed by atoms with van der Waals surface area (Å²) in [6.07, 6.45) is 3.05. The van der Waals surface area contributed by atoms with E-state index in [1.54, 1.807) is 0 Å². The molecule has 0 amide bonds. The fourth-order valence-corrected chi connectivity index (χ4v) is 2.32. The van der Waals surface area contributed by atoms with Gasteiger partial charge in [-0.25, -0.2) is 0 Å². The van der Waals surface area contributed by atoms with Crippen LogP contribution >= 0.6 is 0 Å². The molecule has 1 unspecified atom stereocenters. The molecule has 0 bridgehead atoms. The molecule has 2 nitrogen and oxygen atoms in total. The lowest BCUT2D eigenvalue weighted by Crippen LogP contribution is -2.19. The normalized spacial score (nSPS) is 12.4. The Hall–Kier alpha value is -1.67. The highest BCUT2D eigenvalue weighted by Crippen LogP contribution is 2.24. The van der Waals surface area contributed by atoms with Crippen molar-refractivity contribution in [3.8, 4) is 11.1 Å². The second-order valence-corrected chi connectivity index (χ2v) is 4.83. The van der Waals surface area contributed by atoms with Gasteiger partial charge in [0.05, 0.1) is 0 Å². The first-order valence-electron chi connectivity index (χ1n) is 7.01. The van der Waals surface area contributed by atoms with Gasteiger partial charge in [-0.15, -0.1) is 0 Å². The van der Waals surface area contributed by atoms with Crippen LogP contribution in [-0.4, -0.2) is 11.5 Å². The molecule has 0 aliphatic rings. The van der Waals surface area contributed by atoms with Gasteiger partial charge in [0.25, 0.3) is 0 Å². The number of hydrogen-bond acceptors (Lipinski definition) is 2. The first-order valence-corrected chi connectivity index (χ1v) is 7.01. The minimum atomic E-state index is 0.434. The van der Waals surface area contributed by atoms with Gasteiger partial charge in [-0.1, -0.05) is 38.1 Å². The summed E-state index contributed by atoms with van der Waals surface area (Å²) in [6, 6.07) is 13.4. The summed E-state index contributed by atoms with van der Waals surface area (Å²) < 4.78 is 0. The molecule has 1 N–H and O–H groups in total. The van der Waals surface area contributed by atoms with Gasteiger partial charge in [-0.3, -0.25) is 4.98 Å². The van der Waals surface area contributed by atoms with Crippen molar-refractivity contribution in [1.82, 2.24) is 10.3 Å². The molecule has 0 radical (unpaired) electrons. The minimum absolute atomic E-state index is 0.434. The highest BCUT2D eigenvalue weighted by atomic mass is 14.9. The molecule has 0 saturated carbocycles. The quantitative estimate of drug-likeness (QED) is 0.868. The van der Waals surface area contributed by atoms with E-state index >= 15 is 0 Å². The van der Waals surface area contributed by atoms with E-state index in [0.29, 0.717) is 6.04 Å². The number of aromatic nitrogens is 1. The Labute approximate surface area is 115 Å². The van der Waals surface area contributed by atoms with Gasteiger partial charge in [0.1, 0.15) is 0 Å². The number of aryl methyl sites for hydroxylation is 1. The molecule has 0 spiro atoms. The van der Waals surface area contributed by atoms with E-state index < -0.39 is 0 Å². The topological polar surface area (TPSA) is 24.9 Å². The van der Waals surface area contributed by atoms with Crippen LogP contribution in [0, 0.1) is 6.92 Å². The van der Waals surface area contributed by atoms with Crippen LogP contribution in [0.4, 0.5) is 0 Å². The summed E-state index contributed by atoms with van der Waals surface area (Å²) in [7, 11) is 0. The maximum absolute atomic E-state index is 4.37. The Kier molecular flexibility index (Phi) is 4.69. The number of pyridine rings is 1. The van der Waals surface area contributed by atoms with Gasteiger partial charge in [-0.2, -0.15) is 0 Å². The van der Waals surface area contributed by atoms with Crippen molar-refractivity contribution in [2.75, 3.05) is 6.54 Å². The van der Waals surface area contributed by atoms with E-state index in [9.17, 15) is 0 Å². The Bertz CT molecular complexity index is 517. The second kappa shape index (κ2) is 6.48. The van der Waals surface area contributed by atoms with Crippen LogP contribution in [0.5, 0.6) is 0 Å². The van der Waals surface area contributed by atoms with Crippen molar-refractivity contribution in [2.45, 2.75) is 33.2 Å². The number of rotatable bonds is 5. The zero-order chi connectivity index (χ0) is 13.7. The summed E-state index contributed by atoms with van der Waals surface area (Å²) in [5.74, 6) is 0. The van der Waals surface area contributed by atoms with E-state index in [1.165, 1.54) is 16.7 Å². The van der Waals surface area contributed by atoms with Gasteiger partial charge in [0.2, 0.25) is 0 Å². The minimum Gasteiger partial charge on any atom is -0.310 e. The average Bonchev–Trinajstić information content (AvgIpc) is 2.45. The lowest BCUT2D eigenvalue weighted by molar-refractivity contribution is 0.537. The van der Waals surface area contributed by atoms with E-state index in [0.717, 1.165) is 18.7 Å². The van der Waals surface area contributed by atoms with Crippen LogP contribution in [-0.2, 0) is 0 Å². The monoisotopic (exact) mass is 254 g/mol. The molecule has 1 aromatic heterocycles. The van der Waals surface area contributed by atoms with Crippen LogP contribution in [0.15, 0.2) is 42.6 Å². The van der Waals surface area contributed by atoms with Crippen molar-refractivity contribution in [3.05, 3.63) is 53.9 Å². The van der Waals surface area contributed by atoms with Crippen LogP contribution in [0.3, 0.4) is 0 Å². The van der Waals surface area contributed by atoms with Gasteiger partial charge in [0.15, 0.2) is 0 Å². The van der Waals surface area contributed by atoms with Crippen LogP contribution in [0.1, 0.15) is 37.6 Å². The van der Waals surface area contributed by atoms with Crippen molar-refractivity contribution >= 4 is 0 Å². The van der Waals surface area contributed by atoms with Gasteiger partial charge >= 0.3 is 0 Å². The number of nitrogens with one attached hydrogen (secondary N) is 1. The standard InChI is InChI=1S/C17H22N2/c1-4-17(18-5-2)15-8-6-7-14(11-15)16-10-9-13(3)19-12-16/h6-12,17-18H,4-5H2,1-3H3. The molecule has 0 aliphatic carbocycles. The van der Waals surface area contributed by atoms with E-state index in [1.807, 2.05) is 13.1 Å². The molecular weight excluding hydrogens is 232 g/mol. The lowest BCUT2D eigenvalue weighted by atomic mass is 9.99. The van der Waals surface area contributed by atoms with Crippen LogP contribution in [0.25, 0.3) is 11.1 Å². The maximum atomic E-state index is 4.37. The summed E-state index contributed by atoms with van der Waals surface area (Å²) in [4.78, 5) is 4.37. The highest BCUT2D eigenvalue weighted by molar-refractivity contribution is 5.63. The smallest absolute Gasteiger partial charge is 0.0373 e.